The van der Waals surface area contributed by atoms with Crippen LogP contribution in [-0.4, -0.2) is 30.1 Å². The van der Waals surface area contributed by atoms with E-state index >= 15 is 0 Å². The molecule has 0 saturated heterocycles. The van der Waals surface area contributed by atoms with Gasteiger partial charge in [-0.1, -0.05) is 18.2 Å². The Morgan fingerprint density at radius 3 is 2.95 bits per heavy atom. The quantitative estimate of drug-likeness (QED) is 0.870. The molecule has 1 heterocycles. The van der Waals surface area contributed by atoms with Gasteiger partial charge in [0.2, 0.25) is 5.91 Å². The second kappa shape index (κ2) is 6.06. The van der Waals surface area contributed by atoms with Crippen LogP contribution in [0.25, 0.3) is 0 Å². The highest BCUT2D eigenvalue weighted by Gasteiger charge is 2.23. The van der Waals surface area contributed by atoms with Crippen molar-refractivity contribution in [2.24, 2.45) is 0 Å². The van der Waals surface area contributed by atoms with E-state index in [1.165, 1.54) is 0 Å². The molecule has 19 heavy (non-hydrogen) atoms. The number of carbonyl (C=O) groups is 1. The molecule has 1 aromatic rings. The van der Waals surface area contributed by atoms with Gasteiger partial charge in [-0.05, 0) is 26.3 Å². The zero-order valence-electron chi connectivity index (χ0n) is 11.6. The van der Waals surface area contributed by atoms with Gasteiger partial charge in [0.25, 0.3) is 0 Å². The molecule has 0 bridgehead atoms. The zero-order valence-corrected chi connectivity index (χ0v) is 11.6. The number of aliphatic hydroxyl groups excluding tert-OH is 1. The van der Waals surface area contributed by atoms with Crippen LogP contribution < -0.4 is 10.2 Å². The first-order valence-corrected chi connectivity index (χ1v) is 6.89. The fourth-order valence-corrected chi connectivity index (χ4v) is 2.47. The summed E-state index contributed by atoms with van der Waals surface area (Å²) in [6.45, 7) is 5.42. The van der Waals surface area contributed by atoms with Crippen LogP contribution >= 0.6 is 0 Å². The molecule has 0 aromatic heterocycles. The lowest BCUT2D eigenvalue weighted by atomic mass is 9.99. The van der Waals surface area contributed by atoms with E-state index in [2.05, 4.69) is 10.2 Å². The Hall–Kier alpha value is -1.55. The highest BCUT2D eigenvalue weighted by atomic mass is 16.3. The monoisotopic (exact) mass is 262 g/mol. The molecular formula is C15H22N2O2. The van der Waals surface area contributed by atoms with Crippen LogP contribution in [0.1, 0.15) is 38.4 Å². The number of aliphatic hydroxyl groups is 1. The maximum absolute atomic E-state index is 11.7. The topological polar surface area (TPSA) is 52.6 Å². The molecule has 1 atom stereocenters. The van der Waals surface area contributed by atoms with Crippen molar-refractivity contribution >= 4 is 11.6 Å². The number of carbonyl (C=O) groups excluding carboxylic acids is 1. The van der Waals surface area contributed by atoms with Gasteiger partial charge in [-0.2, -0.15) is 0 Å². The van der Waals surface area contributed by atoms with Gasteiger partial charge in [0.15, 0.2) is 0 Å². The van der Waals surface area contributed by atoms with Crippen LogP contribution in [0, 0.1) is 0 Å². The molecule has 1 amide bonds. The van der Waals surface area contributed by atoms with E-state index in [-0.39, 0.29) is 18.1 Å². The van der Waals surface area contributed by atoms with Crippen molar-refractivity contribution in [1.82, 2.24) is 5.32 Å². The van der Waals surface area contributed by atoms with E-state index in [9.17, 15) is 9.90 Å². The van der Waals surface area contributed by atoms with Crippen molar-refractivity contribution in [3.05, 3.63) is 29.8 Å². The van der Waals surface area contributed by atoms with E-state index in [4.69, 9.17) is 0 Å². The van der Waals surface area contributed by atoms with Crippen LogP contribution in [0.2, 0.25) is 0 Å². The van der Waals surface area contributed by atoms with Crippen molar-refractivity contribution in [2.45, 2.75) is 38.8 Å². The number of anilines is 1. The smallest absolute Gasteiger partial charge is 0.221 e. The number of nitrogens with zero attached hydrogens (tertiary/aromatic N) is 1. The molecule has 0 radical (unpaired) electrons. The summed E-state index contributed by atoms with van der Waals surface area (Å²) in [5, 5.41) is 12.9. The highest BCUT2D eigenvalue weighted by Crippen LogP contribution is 2.33. The van der Waals surface area contributed by atoms with Crippen LogP contribution in [-0.2, 0) is 4.79 Å². The molecule has 1 aliphatic heterocycles. The van der Waals surface area contributed by atoms with Gasteiger partial charge >= 0.3 is 0 Å². The molecule has 0 aliphatic carbocycles. The molecule has 0 saturated carbocycles. The first-order chi connectivity index (χ1) is 9.08. The van der Waals surface area contributed by atoms with Crippen molar-refractivity contribution in [1.29, 1.82) is 0 Å². The third-order valence-corrected chi connectivity index (χ3v) is 3.37. The molecule has 0 fully saturated rings. The summed E-state index contributed by atoms with van der Waals surface area (Å²) in [5.74, 6) is 0.0820. The van der Waals surface area contributed by atoms with Crippen molar-refractivity contribution in [2.75, 3.05) is 18.0 Å². The Morgan fingerprint density at radius 1 is 1.47 bits per heavy atom. The lowest BCUT2D eigenvalue weighted by Crippen LogP contribution is -2.36. The second-order valence-corrected chi connectivity index (χ2v) is 5.32. The lowest BCUT2D eigenvalue weighted by Gasteiger charge is -2.33. The molecule has 4 heteroatoms. The fourth-order valence-electron chi connectivity index (χ4n) is 2.47. The van der Waals surface area contributed by atoms with Crippen molar-refractivity contribution in [3.63, 3.8) is 0 Å². The van der Waals surface area contributed by atoms with E-state index in [0.717, 1.165) is 24.2 Å². The molecule has 2 rings (SSSR count). The van der Waals surface area contributed by atoms with Gasteiger partial charge in [0.1, 0.15) is 0 Å². The number of hydrogen-bond donors (Lipinski definition) is 2. The number of amides is 1. The number of para-hydroxylation sites is 1. The highest BCUT2D eigenvalue weighted by molar-refractivity contribution is 5.77. The summed E-state index contributed by atoms with van der Waals surface area (Å²) in [7, 11) is 0. The number of rotatable bonds is 4. The van der Waals surface area contributed by atoms with Crippen LogP contribution in [0.5, 0.6) is 0 Å². The van der Waals surface area contributed by atoms with E-state index in [1.54, 1.807) is 0 Å². The molecular weight excluding hydrogens is 240 g/mol. The van der Waals surface area contributed by atoms with Gasteiger partial charge in [-0.15, -0.1) is 0 Å². The Bertz CT molecular complexity index is 446. The van der Waals surface area contributed by atoms with Gasteiger partial charge in [0.05, 0.1) is 6.10 Å². The Balaban J connectivity index is 1.99. The third-order valence-electron chi connectivity index (χ3n) is 3.37. The van der Waals surface area contributed by atoms with Gasteiger partial charge in [-0.25, -0.2) is 0 Å². The van der Waals surface area contributed by atoms with Crippen molar-refractivity contribution < 1.29 is 9.90 Å². The molecule has 104 valence electrons. The molecule has 0 spiro atoms. The summed E-state index contributed by atoms with van der Waals surface area (Å²) in [6, 6.07) is 8.07. The predicted octanol–water partition coefficient (Wildman–Crippen LogP) is 1.84. The zero-order chi connectivity index (χ0) is 13.8. The fraction of sp³-hybridized carbons (Fsp3) is 0.533. The molecule has 4 nitrogen and oxygen atoms in total. The van der Waals surface area contributed by atoms with Gasteiger partial charge in [-0.3, -0.25) is 4.79 Å². The normalized spacial score (nSPS) is 18.3. The van der Waals surface area contributed by atoms with Gasteiger partial charge < -0.3 is 15.3 Å². The Labute approximate surface area is 114 Å². The SMILES string of the molecule is CC(C)NC(=O)CCN1CCC(O)c2ccccc21. The number of nitrogens with one attached hydrogen (secondary N) is 1. The maximum Gasteiger partial charge on any atom is 0.221 e. The number of fused-ring (bicyclic) bond motifs is 1. The summed E-state index contributed by atoms with van der Waals surface area (Å²) in [5.41, 5.74) is 2.02. The van der Waals surface area contributed by atoms with E-state index < -0.39 is 0 Å². The molecule has 1 aliphatic rings. The second-order valence-electron chi connectivity index (χ2n) is 5.32. The molecule has 2 N–H and O–H groups in total. The minimum atomic E-state index is -0.378. The Morgan fingerprint density at radius 2 is 2.21 bits per heavy atom. The maximum atomic E-state index is 11.7. The number of benzene rings is 1. The Kier molecular flexibility index (Phi) is 4.43. The van der Waals surface area contributed by atoms with Crippen LogP contribution in [0.4, 0.5) is 5.69 Å². The first-order valence-electron chi connectivity index (χ1n) is 6.89. The molecule has 1 aromatic carbocycles. The predicted molar refractivity (Wildman–Crippen MR) is 76.1 cm³/mol. The van der Waals surface area contributed by atoms with Crippen molar-refractivity contribution in [3.8, 4) is 0 Å². The average Bonchev–Trinajstić information content (AvgIpc) is 2.37. The standard InChI is InChI=1S/C15H22N2O2/c1-11(2)16-15(19)8-10-17-9-7-14(18)12-5-3-4-6-13(12)17/h3-6,11,14,18H,7-10H2,1-2H3,(H,16,19). The largest absolute Gasteiger partial charge is 0.388 e. The number of hydrogen-bond acceptors (Lipinski definition) is 3. The lowest BCUT2D eigenvalue weighted by molar-refractivity contribution is -0.121. The van der Waals surface area contributed by atoms with Crippen LogP contribution in [0.3, 0.4) is 0 Å². The third kappa shape index (κ3) is 3.47. The van der Waals surface area contributed by atoms with Gasteiger partial charge in [0, 0.05) is 36.8 Å². The van der Waals surface area contributed by atoms with E-state index in [1.807, 2.05) is 38.1 Å². The van der Waals surface area contributed by atoms with Crippen LogP contribution in [0.15, 0.2) is 24.3 Å². The average molecular weight is 262 g/mol. The minimum absolute atomic E-state index is 0.0820. The summed E-state index contributed by atoms with van der Waals surface area (Å²) >= 11 is 0. The first kappa shape index (κ1) is 13.9. The minimum Gasteiger partial charge on any atom is -0.388 e. The summed E-state index contributed by atoms with van der Waals surface area (Å²) in [6.07, 6.45) is 0.836. The summed E-state index contributed by atoms with van der Waals surface area (Å²) in [4.78, 5) is 13.9. The molecule has 1 unspecified atom stereocenters. The van der Waals surface area contributed by atoms with E-state index in [0.29, 0.717) is 13.0 Å². The summed E-state index contributed by atoms with van der Waals surface area (Å²) < 4.78 is 0.